The first-order valence-electron chi connectivity index (χ1n) is 6.94. The van der Waals surface area contributed by atoms with E-state index in [4.69, 9.17) is 14.6 Å². The van der Waals surface area contributed by atoms with Gasteiger partial charge in [0.05, 0.1) is 30.6 Å². The van der Waals surface area contributed by atoms with E-state index in [1.807, 2.05) is 6.92 Å². The highest BCUT2D eigenvalue weighted by Gasteiger charge is 2.34. The Morgan fingerprint density at radius 1 is 1.43 bits per heavy atom. The molecule has 1 aromatic carbocycles. The van der Waals surface area contributed by atoms with E-state index in [1.165, 1.54) is 4.90 Å². The van der Waals surface area contributed by atoms with Gasteiger partial charge in [0, 0.05) is 12.1 Å². The standard InChI is InChI=1S/C14H18N2O5/c1-2-9-14(19)16(5-8(18)6-17)11-4-13-12(20-7-21-13)3-10(11)15-9/h3-4,8-9,15,17-18H,2,5-7H2,1H3. The van der Waals surface area contributed by atoms with Gasteiger partial charge >= 0.3 is 0 Å². The SMILES string of the molecule is CCC1Nc2cc3c(cc2N(CC(O)CO)C1=O)OCO3. The highest BCUT2D eigenvalue weighted by atomic mass is 16.7. The number of ether oxygens (including phenoxy) is 2. The Bertz CT molecular complexity index is 563. The Morgan fingerprint density at radius 2 is 2.14 bits per heavy atom. The molecule has 0 saturated heterocycles. The number of anilines is 2. The van der Waals surface area contributed by atoms with E-state index in [1.54, 1.807) is 12.1 Å². The van der Waals surface area contributed by atoms with Crippen molar-refractivity contribution in [3.63, 3.8) is 0 Å². The van der Waals surface area contributed by atoms with E-state index in [9.17, 15) is 9.90 Å². The molecule has 2 unspecified atom stereocenters. The summed E-state index contributed by atoms with van der Waals surface area (Å²) in [5.41, 5.74) is 1.39. The van der Waals surface area contributed by atoms with Gasteiger partial charge in [0.2, 0.25) is 12.7 Å². The Morgan fingerprint density at radius 3 is 2.81 bits per heavy atom. The minimum Gasteiger partial charge on any atom is -0.454 e. The lowest BCUT2D eigenvalue weighted by Gasteiger charge is -2.36. The number of hydrogen-bond acceptors (Lipinski definition) is 6. The van der Waals surface area contributed by atoms with Gasteiger partial charge in [0.25, 0.3) is 0 Å². The number of amides is 1. The summed E-state index contributed by atoms with van der Waals surface area (Å²) in [4.78, 5) is 14.0. The molecule has 0 fully saturated rings. The molecule has 2 heterocycles. The monoisotopic (exact) mass is 294 g/mol. The molecule has 2 atom stereocenters. The number of rotatable bonds is 4. The van der Waals surface area contributed by atoms with Gasteiger partial charge in [-0.15, -0.1) is 0 Å². The maximum atomic E-state index is 12.5. The molecule has 0 aromatic heterocycles. The number of hydrogen-bond donors (Lipinski definition) is 3. The van der Waals surface area contributed by atoms with E-state index in [2.05, 4.69) is 5.32 Å². The zero-order chi connectivity index (χ0) is 15.0. The predicted molar refractivity (Wildman–Crippen MR) is 75.7 cm³/mol. The first-order chi connectivity index (χ1) is 10.1. The minimum absolute atomic E-state index is 0.0418. The molecule has 0 aliphatic carbocycles. The second-order valence-corrected chi connectivity index (χ2v) is 5.11. The van der Waals surface area contributed by atoms with Gasteiger partial charge in [0.1, 0.15) is 6.04 Å². The molecule has 0 bridgehead atoms. The van der Waals surface area contributed by atoms with Gasteiger partial charge in [-0.25, -0.2) is 0 Å². The molecule has 2 aliphatic rings. The molecule has 1 amide bonds. The van der Waals surface area contributed by atoms with Crippen LogP contribution in [0.25, 0.3) is 0 Å². The summed E-state index contributed by atoms with van der Waals surface area (Å²) < 4.78 is 10.7. The Labute approximate surface area is 122 Å². The summed E-state index contributed by atoms with van der Waals surface area (Å²) in [7, 11) is 0. The molecule has 0 spiro atoms. The van der Waals surface area contributed by atoms with Crippen molar-refractivity contribution in [1.82, 2.24) is 0 Å². The Kier molecular flexibility index (Phi) is 3.60. The largest absolute Gasteiger partial charge is 0.454 e. The summed E-state index contributed by atoms with van der Waals surface area (Å²) >= 11 is 0. The summed E-state index contributed by atoms with van der Waals surface area (Å²) in [6.07, 6.45) is -0.360. The molecule has 114 valence electrons. The average molecular weight is 294 g/mol. The van der Waals surface area contributed by atoms with Gasteiger partial charge in [-0.3, -0.25) is 4.79 Å². The van der Waals surface area contributed by atoms with Crippen LogP contribution >= 0.6 is 0 Å². The van der Waals surface area contributed by atoms with Crippen molar-refractivity contribution in [2.45, 2.75) is 25.5 Å². The second kappa shape index (κ2) is 5.42. The molecule has 0 radical (unpaired) electrons. The van der Waals surface area contributed by atoms with Crippen molar-refractivity contribution >= 4 is 17.3 Å². The molecule has 2 aliphatic heterocycles. The number of nitrogens with zero attached hydrogens (tertiary/aromatic N) is 1. The molecule has 21 heavy (non-hydrogen) atoms. The van der Waals surface area contributed by atoms with Crippen LogP contribution in [0.15, 0.2) is 12.1 Å². The van der Waals surface area contributed by atoms with Gasteiger partial charge in [-0.1, -0.05) is 6.92 Å². The van der Waals surface area contributed by atoms with Crippen LogP contribution in [-0.4, -0.2) is 48.2 Å². The summed E-state index contributed by atoms with van der Waals surface area (Å²) in [5, 5.41) is 21.9. The number of aliphatic hydroxyl groups excluding tert-OH is 2. The molecule has 3 rings (SSSR count). The predicted octanol–water partition coefficient (Wildman–Crippen LogP) is 0.306. The fraction of sp³-hybridized carbons (Fsp3) is 0.500. The summed E-state index contributed by atoms with van der Waals surface area (Å²) in [5.74, 6) is 1.08. The number of carbonyl (C=O) groups is 1. The number of fused-ring (bicyclic) bond motifs is 2. The number of β-amino-alcohol motifs (C(OH)–C–C–N with tert-alkyl or cyclic N) is 1. The van der Waals surface area contributed by atoms with Crippen LogP contribution in [0.3, 0.4) is 0 Å². The van der Waals surface area contributed by atoms with Gasteiger partial charge in [-0.2, -0.15) is 0 Å². The third kappa shape index (κ3) is 2.38. The Balaban J connectivity index is 2.00. The van der Waals surface area contributed by atoms with E-state index < -0.39 is 12.7 Å². The summed E-state index contributed by atoms with van der Waals surface area (Å²) in [6.45, 7) is 1.71. The average Bonchev–Trinajstić information content (AvgIpc) is 2.94. The van der Waals surface area contributed by atoms with Crippen molar-refractivity contribution in [1.29, 1.82) is 0 Å². The van der Waals surface area contributed by atoms with Gasteiger partial charge < -0.3 is 29.9 Å². The van der Waals surface area contributed by atoms with Crippen LogP contribution < -0.4 is 19.7 Å². The molecule has 0 saturated carbocycles. The normalized spacial score (nSPS) is 21.0. The minimum atomic E-state index is -0.983. The Hall–Kier alpha value is -1.99. The fourth-order valence-corrected chi connectivity index (χ4v) is 2.56. The van der Waals surface area contributed by atoms with E-state index in [0.717, 1.165) is 5.69 Å². The molecular weight excluding hydrogens is 276 g/mol. The van der Waals surface area contributed by atoms with E-state index >= 15 is 0 Å². The first kappa shape index (κ1) is 14.0. The molecule has 3 N–H and O–H groups in total. The molecule has 7 nitrogen and oxygen atoms in total. The van der Waals surface area contributed by atoms with Crippen molar-refractivity contribution in [3.8, 4) is 11.5 Å². The molecule has 1 aromatic rings. The summed E-state index contributed by atoms with van der Waals surface area (Å²) in [6, 6.07) is 3.16. The van der Waals surface area contributed by atoms with Crippen LogP contribution in [0.2, 0.25) is 0 Å². The first-order valence-corrected chi connectivity index (χ1v) is 6.94. The lowest BCUT2D eigenvalue weighted by Crippen LogP contribution is -2.50. The van der Waals surface area contributed by atoms with E-state index in [0.29, 0.717) is 23.6 Å². The van der Waals surface area contributed by atoms with Gasteiger partial charge in [-0.05, 0) is 6.42 Å². The fourth-order valence-electron chi connectivity index (χ4n) is 2.56. The lowest BCUT2D eigenvalue weighted by molar-refractivity contribution is -0.120. The zero-order valence-electron chi connectivity index (χ0n) is 11.7. The van der Waals surface area contributed by atoms with Crippen molar-refractivity contribution in [2.75, 3.05) is 30.2 Å². The topological polar surface area (TPSA) is 91.3 Å². The van der Waals surface area contributed by atoms with Gasteiger partial charge in [0.15, 0.2) is 11.5 Å². The molecular formula is C14H18N2O5. The van der Waals surface area contributed by atoms with Crippen LogP contribution in [0, 0.1) is 0 Å². The van der Waals surface area contributed by atoms with Crippen molar-refractivity contribution in [3.05, 3.63) is 12.1 Å². The number of nitrogens with one attached hydrogen (secondary N) is 1. The molecule has 7 heteroatoms. The van der Waals surface area contributed by atoms with Crippen molar-refractivity contribution < 1.29 is 24.5 Å². The highest BCUT2D eigenvalue weighted by molar-refractivity contribution is 6.05. The number of benzene rings is 1. The second-order valence-electron chi connectivity index (χ2n) is 5.11. The lowest BCUT2D eigenvalue weighted by atomic mass is 10.1. The van der Waals surface area contributed by atoms with Crippen LogP contribution in [0.5, 0.6) is 11.5 Å². The van der Waals surface area contributed by atoms with Crippen LogP contribution in [0.1, 0.15) is 13.3 Å². The maximum Gasteiger partial charge on any atom is 0.249 e. The highest BCUT2D eigenvalue weighted by Crippen LogP contribution is 2.43. The number of carbonyl (C=O) groups excluding carboxylic acids is 1. The zero-order valence-corrected chi connectivity index (χ0v) is 11.7. The third-order valence-electron chi connectivity index (χ3n) is 3.69. The van der Waals surface area contributed by atoms with Crippen LogP contribution in [0.4, 0.5) is 11.4 Å². The van der Waals surface area contributed by atoms with Crippen molar-refractivity contribution in [2.24, 2.45) is 0 Å². The smallest absolute Gasteiger partial charge is 0.249 e. The number of aliphatic hydroxyl groups is 2. The van der Waals surface area contributed by atoms with E-state index in [-0.39, 0.29) is 25.3 Å². The maximum absolute atomic E-state index is 12.5. The third-order valence-corrected chi connectivity index (χ3v) is 3.69. The quantitative estimate of drug-likeness (QED) is 0.740. The van der Waals surface area contributed by atoms with Crippen LogP contribution in [-0.2, 0) is 4.79 Å².